The van der Waals surface area contributed by atoms with Crippen molar-refractivity contribution in [2.24, 2.45) is 0 Å². The Balaban J connectivity index is 2.24. The molecule has 162 valence electrons. The van der Waals surface area contributed by atoms with Gasteiger partial charge >= 0.3 is 0 Å². The first kappa shape index (κ1) is 24.2. The molecule has 2 aromatic rings. The molecule has 0 radical (unpaired) electrons. The number of carbonyl (C=O) groups excluding carboxylic acids is 2. The Morgan fingerprint density at radius 2 is 1.50 bits per heavy atom. The second kappa shape index (κ2) is 12.0. The largest absolute Gasteiger partial charge is 0.352 e. The van der Waals surface area contributed by atoms with Gasteiger partial charge in [0.25, 0.3) is 0 Å². The lowest BCUT2D eigenvalue weighted by atomic mass is 10.1. The number of hydrogen-bond donors (Lipinski definition) is 1. The van der Waals surface area contributed by atoms with Crippen LogP contribution in [0.2, 0.25) is 10.0 Å². The minimum atomic E-state index is -0.561. The highest BCUT2D eigenvalue weighted by Crippen LogP contribution is 2.22. The van der Waals surface area contributed by atoms with E-state index in [2.05, 4.69) is 5.32 Å². The van der Waals surface area contributed by atoms with Gasteiger partial charge in [0.05, 0.1) is 0 Å². The van der Waals surface area contributed by atoms with E-state index >= 15 is 0 Å². The van der Waals surface area contributed by atoms with Crippen molar-refractivity contribution in [2.45, 2.75) is 65.1 Å². The van der Waals surface area contributed by atoms with Crippen LogP contribution in [0.3, 0.4) is 0 Å². The lowest BCUT2D eigenvalue weighted by molar-refractivity contribution is -0.141. The van der Waals surface area contributed by atoms with E-state index in [-0.39, 0.29) is 30.8 Å². The van der Waals surface area contributed by atoms with E-state index < -0.39 is 6.04 Å². The fourth-order valence-electron chi connectivity index (χ4n) is 3.26. The van der Waals surface area contributed by atoms with Crippen molar-refractivity contribution in [2.75, 3.05) is 0 Å². The highest BCUT2D eigenvalue weighted by molar-refractivity contribution is 6.31. The molecule has 1 N–H and O–H groups in total. The van der Waals surface area contributed by atoms with Crippen molar-refractivity contribution in [3.05, 3.63) is 69.7 Å². The SMILES string of the molecule is CC[C@H](C)NC(=O)[C@H](CC)N(Cc1ccccc1Cl)C(=O)CCc1ccccc1Cl. The molecule has 0 aliphatic heterocycles. The van der Waals surface area contributed by atoms with Crippen LogP contribution >= 0.6 is 23.2 Å². The van der Waals surface area contributed by atoms with Gasteiger partial charge in [-0.2, -0.15) is 0 Å². The van der Waals surface area contributed by atoms with E-state index in [4.69, 9.17) is 23.2 Å². The van der Waals surface area contributed by atoms with E-state index in [1.165, 1.54) is 0 Å². The lowest BCUT2D eigenvalue weighted by Crippen LogP contribution is -2.50. The average molecular weight is 449 g/mol. The molecule has 0 aliphatic carbocycles. The standard InChI is InChI=1S/C24H30Cl2N2O2/c1-4-17(3)27-24(30)22(5-2)28(16-19-11-7-9-13-21(19)26)23(29)15-14-18-10-6-8-12-20(18)25/h6-13,17,22H,4-5,14-16H2,1-3H3,(H,27,30)/t17-,22-/m0/s1. The number of rotatable bonds is 10. The van der Waals surface area contributed by atoms with Gasteiger partial charge in [0.1, 0.15) is 6.04 Å². The Labute approximate surface area is 189 Å². The molecule has 0 spiro atoms. The zero-order valence-electron chi connectivity index (χ0n) is 17.8. The Hall–Kier alpha value is -2.04. The highest BCUT2D eigenvalue weighted by Gasteiger charge is 2.29. The van der Waals surface area contributed by atoms with E-state index in [0.717, 1.165) is 17.5 Å². The fraction of sp³-hybridized carbons (Fsp3) is 0.417. The van der Waals surface area contributed by atoms with Gasteiger partial charge in [-0.05, 0) is 49.4 Å². The average Bonchev–Trinajstić information content (AvgIpc) is 2.74. The Kier molecular flexibility index (Phi) is 9.67. The molecule has 0 unspecified atom stereocenters. The molecule has 30 heavy (non-hydrogen) atoms. The number of aryl methyl sites for hydroxylation is 1. The number of carbonyl (C=O) groups is 2. The van der Waals surface area contributed by atoms with Gasteiger partial charge in [0.2, 0.25) is 11.8 Å². The van der Waals surface area contributed by atoms with Crippen molar-refractivity contribution in [1.29, 1.82) is 0 Å². The molecule has 6 heteroatoms. The molecule has 0 fully saturated rings. The van der Waals surface area contributed by atoms with Gasteiger partial charge < -0.3 is 10.2 Å². The monoisotopic (exact) mass is 448 g/mol. The van der Waals surface area contributed by atoms with Crippen LogP contribution in [-0.4, -0.2) is 28.8 Å². The van der Waals surface area contributed by atoms with Gasteiger partial charge in [0.15, 0.2) is 0 Å². The topological polar surface area (TPSA) is 49.4 Å². The van der Waals surface area contributed by atoms with Crippen LogP contribution in [0.5, 0.6) is 0 Å². The molecule has 0 bridgehead atoms. The highest BCUT2D eigenvalue weighted by atomic mass is 35.5. The van der Waals surface area contributed by atoms with Crippen LogP contribution in [0.15, 0.2) is 48.5 Å². The van der Waals surface area contributed by atoms with Crippen LogP contribution < -0.4 is 5.32 Å². The van der Waals surface area contributed by atoms with Crippen LogP contribution in [0, 0.1) is 0 Å². The maximum Gasteiger partial charge on any atom is 0.243 e. The molecular formula is C24H30Cl2N2O2. The smallest absolute Gasteiger partial charge is 0.243 e. The van der Waals surface area contributed by atoms with E-state index in [1.54, 1.807) is 11.0 Å². The molecule has 2 amide bonds. The van der Waals surface area contributed by atoms with Gasteiger partial charge in [-0.15, -0.1) is 0 Å². The van der Waals surface area contributed by atoms with E-state index in [1.807, 2.05) is 63.2 Å². The summed E-state index contributed by atoms with van der Waals surface area (Å²) in [6.45, 7) is 6.18. The maximum atomic E-state index is 13.3. The summed E-state index contributed by atoms with van der Waals surface area (Å²) in [4.78, 5) is 27.8. The molecule has 2 rings (SSSR count). The molecule has 0 saturated heterocycles. The van der Waals surface area contributed by atoms with Crippen LogP contribution in [0.25, 0.3) is 0 Å². The number of benzene rings is 2. The van der Waals surface area contributed by atoms with Crippen molar-refractivity contribution in [3.63, 3.8) is 0 Å². The predicted molar refractivity (Wildman–Crippen MR) is 124 cm³/mol. The maximum absolute atomic E-state index is 13.3. The minimum Gasteiger partial charge on any atom is -0.352 e. The zero-order valence-corrected chi connectivity index (χ0v) is 19.3. The summed E-state index contributed by atoms with van der Waals surface area (Å²) >= 11 is 12.6. The van der Waals surface area contributed by atoms with E-state index in [9.17, 15) is 9.59 Å². The molecule has 0 aromatic heterocycles. The Morgan fingerprint density at radius 3 is 2.03 bits per heavy atom. The summed E-state index contributed by atoms with van der Waals surface area (Å²) in [6, 6.07) is 14.4. The first-order valence-electron chi connectivity index (χ1n) is 10.4. The summed E-state index contributed by atoms with van der Waals surface area (Å²) < 4.78 is 0. The van der Waals surface area contributed by atoms with Crippen molar-refractivity contribution >= 4 is 35.0 Å². The zero-order chi connectivity index (χ0) is 22.1. The van der Waals surface area contributed by atoms with Gasteiger partial charge in [-0.25, -0.2) is 0 Å². The van der Waals surface area contributed by atoms with Crippen LogP contribution in [0.1, 0.15) is 51.2 Å². The number of nitrogens with zero attached hydrogens (tertiary/aromatic N) is 1. The molecule has 2 atom stereocenters. The number of amides is 2. The second-order valence-corrected chi connectivity index (χ2v) is 8.26. The quantitative estimate of drug-likeness (QED) is 0.510. The van der Waals surface area contributed by atoms with Gasteiger partial charge in [0, 0.05) is 29.1 Å². The Bertz CT molecular complexity index is 857. The minimum absolute atomic E-state index is 0.0481. The molecule has 0 aliphatic rings. The normalized spacial score (nSPS) is 12.8. The summed E-state index contributed by atoms with van der Waals surface area (Å²) in [7, 11) is 0. The summed E-state index contributed by atoms with van der Waals surface area (Å²) in [5.41, 5.74) is 1.74. The molecule has 0 heterocycles. The fourth-order valence-corrected chi connectivity index (χ4v) is 3.68. The number of halogens is 2. The first-order valence-corrected chi connectivity index (χ1v) is 11.2. The third-order valence-corrected chi connectivity index (χ3v) is 5.99. The van der Waals surface area contributed by atoms with Crippen LogP contribution in [-0.2, 0) is 22.6 Å². The first-order chi connectivity index (χ1) is 14.4. The van der Waals surface area contributed by atoms with E-state index in [0.29, 0.717) is 22.9 Å². The number of nitrogens with one attached hydrogen (secondary N) is 1. The third-order valence-electron chi connectivity index (χ3n) is 5.25. The van der Waals surface area contributed by atoms with Crippen molar-refractivity contribution in [3.8, 4) is 0 Å². The van der Waals surface area contributed by atoms with Gasteiger partial charge in [-0.3, -0.25) is 9.59 Å². The lowest BCUT2D eigenvalue weighted by Gasteiger charge is -2.32. The molecule has 0 saturated carbocycles. The van der Waals surface area contributed by atoms with Crippen molar-refractivity contribution < 1.29 is 9.59 Å². The summed E-state index contributed by atoms with van der Waals surface area (Å²) in [5, 5.41) is 4.24. The summed E-state index contributed by atoms with van der Waals surface area (Å²) in [6.07, 6.45) is 2.12. The Morgan fingerprint density at radius 1 is 0.933 bits per heavy atom. The molecule has 4 nitrogen and oxygen atoms in total. The molecular weight excluding hydrogens is 419 g/mol. The van der Waals surface area contributed by atoms with Crippen LogP contribution in [0.4, 0.5) is 0 Å². The van der Waals surface area contributed by atoms with Gasteiger partial charge in [-0.1, -0.05) is 73.4 Å². The summed E-state index contributed by atoms with van der Waals surface area (Å²) in [5.74, 6) is -0.231. The predicted octanol–water partition coefficient (Wildman–Crippen LogP) is 5.65. The second-order valence-electron chi connectivity index (χ2n) is 7.45. The van der Waals surface area contributed by atoms with Crippen molar-refractivity contribution in [1.82, 2.24) is 10.2 Å². The number of hydrogen-bond acceptors (Lipinski definition) is 2. The molecule has 2 aromatic carbocycles. The third kappa shape index (κ3) is 6.75.